The highest BCUT2D eigenvalue weighted by Gasteiger charge is 2.13. The normalized spacial score (nSPS) is 11.3. The summed E-state index contributed by atoms with van der Waals surface area (Å²) in [5.74, 6) is 0. The van der Waals surface area contributed by atoms with Crippen molar-refractivity contribution in [2.75, 3.05) is 0 Å². The van der Waals surface area contributed by atoms with Gasteiger partial charge in [0, 0.05) is 29.1 Å². The van der Waals surface area contributed by atoms with Crippen LogP contribution in [0.1, 0.15) is 16.1 Å². The van der Waals surface area contributed by atoms with Gasteiger partial charge < -0.3 is 4.57 Å². The van der Waals surface area contributed by atoms with Crippen molar-refractivity contribution in [2.24, 2.45) is 7.05 Å². The highest BCUT2D eigenvalue weighted by atomic mass is 16.1. The van der Waals surface area contributed by atoms with Gasteiger partial charge >= 0.3 is 0 Å². The molecule has 3 aromatic carbocycles. The summed E-state index contributed by atoms with van der Waals surface area (Å²) in [6.07, 6.45) is 4.38. The molecule has 0 saturated carbocycles. The molecule has 0 unspecified atom stereocenters. The minimum Gasteiger partial charge on any atom is -0.341 e. The zero-order valence-corrected chi connectivity index (χ0v) is 18.6. The van der Waals surface area contributed by atoms with E-state index in [1.165, 1.54) is 5.56 Å². The van der Waals surface area contributed by atoms with Crippen LogP contribution in [0.15, 0.2) is 91.4 Å². The van der Waals surface area contributed by atoms with Crippen LogP contribution in [0.4, 0.5) is 0 Å². The predicted molar refractivity (Wildman–Crippen MR) is 134 cm³/mol. The molecule has 0 aliphatic rings. The summed E-state index contributed by atoms with van der Waals surface area (Å²) in [6.45, 7) is 0.725. The molecule has 0 radical (unpaired) electrons. The third-order valence-electron chi connectivity index (χ3n) is 6.30. The first-order chi connectivity index (χ1) is 16.7. The van der Waals surface area contributed by atoms with E-state index in [0.29, 0.717) is 5.69 Å². The molecule has 0 aliphatic carbocycles. The molecule has 3 heterocycles. The highest BCUT2D eigenvalue weighted by Crippen LogP contribution is 2.32. The Morgan fingerprint density at radius 2 is 1.74 bits per heavy atom. The first-order valence-electron chi connectivity index (χ1n) is 11.1. The summed E-state index contributed by atoms with van der Waals surface area (Å²) in [4.78, 5) is 20.4. The predicted octanol–water partition coefficient (Wildman–Crippen LogP) is 5.51. The van der Waals surface area contributed by atoms with E-state index < -0.39 is 0 Å². The number of hydrogen-bond donors (Lipinski definition) is 0. The number of fused-ring (bicyclic) bond motifs is 2. The monoisotopic (exact) mass is 443 g/mol. The lowest BCUT2D eigenvalue weighted by molar-refractivity contribution is 0.111. The Bertz CT molecular complexity index is 1660. The number of rotatable bonds is 5. The molecule has 34 heavy (non-hydrogen) atoms. The first-order valence-corrected chi connectivity index (χ1v) is 11.1. The number of hydrogen-bond acceptors (Lipinski definition) is 4. The van der Waals surface area contributed by atoms with E-state index in [0.717, 1.165) is 57.2 Å². The highest BCUT2D eigenvalue weighted by molar-refractivity contribution is 5.97. The molecule has 0 N–H and O–H groups in total. The Morgan fingerprint density at radius 1 is 0.882 bits per heavy atom. The van der Waals surface area contributed by atoms with Crippen LogP contribution in [0.3, 0.4) is 0 Å². The maximum absolute atomic E-state index is 11.3. The first kappa shape index (κ1) is 20.1. The lowest BCUT2D eigenvalue weighted by Gasteiger charge is -2.10. The van der Waals surface area contributed by atoms with E-state index in [2.05, 4.69) is 51.5 Å². The molecular weight excluding hydrogens is 422 g/mol. The van der Waals surface area contributed by atoms with Crippen molar-refractivity contribution in [3.63, 3.8) is 0 Å². The van der Waals surface area contributed by atoms with Crippen LogP contribution >= 0.6 is 0 Å². The summed E-state index contributed by atoms with van der Waals surface area (Å²) in [6, 6.07) is 26.6. The van der Waals surface area contributed by atoms with Crippen molar-refractivity contribution in [1.29, 1.82) is 0 Å². The minimum atomic E-state index is 0.637. The second-order valence-electron chi connectivity index (χ2n) is 8.34. The van der Waals surface area contributed by atoms with Crippen molar-refractivity contribution in [3.05, 3.63) is 103 Å². The number of benzene rings is 3. The van der Waals surface area contributed by atoms with Gasteiger partial charge in [-0.05, 0) is 47.5 Å². The lowest BCUT2D eigenvalue weighted by atomic mass is 10.0. The van der Waals surface area contributed by atoms with Gasteiger partial charge in [0.2, 0.25) is 0 Å². The maximum Gasteiger partial charge on any atom is 0.166 e. The van der Waals surface area contributed by atoms with E-state index in [1.807, 2.05) is 65.0 Å². The van der Waals surface area contributed by atoms with Crippen molar-refractivity contribution < 1.29 is 4.79 Å². The van der Waals surface area contributed by atoms with Crippen LogP contribution in [0.5, 0.6) is 0 Å². The van der Waals surface area contributed by atoms with Gasteiger partial charge in [-0.1, -0.05) is 42.5 Å². The van der Waals surface area contributed by atoms with Gasteiger partial charge in [0.15, 0.2) is 6.29 Å². The fourth-order valence-electron chi connectivity index (χ4n) is 4.50. The van der Waals surface area contributed by atoms with Gasteiger partial charge in [0.1, 0.15) is 6.33 Å². The van der Waals surface area contributed by atoms with Crippen molar-refractivity contribution in [2.45, 2.75) is 6.54 Å². The molecule has 164 valence electrons. The molecule has 0 amide bonds. The van der Waals surface area contributed by atoms with E-state index in [-0.39, 0.29) is 0 Å². The third kappa shape index (κ3) is 3.36. The van der Waals surface area contributed by atoms with Gasteiger partial charge in [-0.15, -0.1) is 0 Å². The largest absolute Gasteiger partial charge is 0.341 e. The number of aldehydes is 1. The second-order valence-corrected chi connectivity index (χ2v) is 8.34. The molecule has 0 fully saturated rings. The van der Waals surface area contributed by atoms with Crippen LogP contribution in [-0.4, -0.2) is 30.6 Å². The van der Waals surface area contributed by atoms with E-state index >= 15 is 0 Å². The molecule has 0 atom stereocenters. The van der Waals surface area contributed by atoms with Gasteiger partial charge in [0.05, 0.1) is 35.2 Å². The molecule has 0 aliphatic heterocycles. The number of carbonyl (C=O) groups excluding carboxylic acids is 1. The minimum absolute atomic E-state index is 0.637. The topological polar surface area (TPSA) is 65.6 Å². The zero-order chi connectivity index (χ0) is 23.1. The summed E-state index contributed by atoms with van der Waals surface area (Å²) in [5, 5.41) is 6.64. The van der Waals surface area contributed by atoms with Crippen LogP contribution < -0.4 is 0 Å². The Labute approximate surface area is 196 Å². The third-order valence-corrected chi connectivity index (χ3v) is 6.30. The standard InChI is InChI=1S/C28H21N5O/c1-32-23(17-34)9-12-26(32)20-7-10-25-24(14-20)28(30-18-29-25)21-8-11-27-22(13-21)15-31-33(27)16-19-5-3-2-4-6-19/h2-15,17-18H,16H2,1H3. The smallest absolute Gasteiger partial charge is 0.166 e. The van der Waals surface area contributed by atoms with Crippen LogP contribution in [0.25, 0.3) is 44.3 Å². The average molecular weight is 444 g/mol. The van der Waals surface area contributed by atoms with E-state index in [1.54, 1.807) is 6.33 Å². The maximum atomic E-state index is 11.3. The van der Waals surface area contributed by atoms with E-state index in [4.69, 9.17) is 0 Å². The zero-order valence-electron chi connectivity index (χ0n) is 18.6. The Kier molecular flexibility index (Phi) is 4.77. The molecule has 6 aromatic rings. The second kappa shape index (κ2) is 8.08. The summed E-state index contributed by atoms with van der Waals surface area (Å²) < 4.78 is 3.91. The van der Waals surface area contributed by atoms with Crippen LogP contribution in [0.2, 0.25) is 0 Å². The summed E-state index contributed by atoms with van der Waals surface area (Å²) in [7, 11) is 1.90. The Morgan fingerprint density at radius 3 is 2.56 bits per heavy atom. The molecule has 6 heteroatoms. The molecule has 0 bridgehead atoms. The number of carbonyl (C=O) groups is 1. The quantitative estimate of drug-likeness (QED) is 0.330. The Balaban J connectivity index is 1.43. The number of nitrogens with zero attached hydrogens (tertiary/aromatic N) is 5. The van der Waals surface area contributed by atoms with Crippen LogP contribution in [-0.2, 0) is 13.6 Å². The summed E-state index contributed by atoms with van der Waals surface area (Å²) in [5.41, 5.74) is 7.66. The van der Waals surface area contributed by atoms with Gasteiger partial charge in [-0.25, -0.2) is 9.97 Å². The van der Waals surface area contributed by atoms with Crippen molar-refractivity contribution >= 4 is 28.1 Å². The number of aromatic nitrogens is 5. The van der Waals surface area contributed by atoms with Crippen molar-refractivity contribution in [3.8, 4) is 22.5 Å². The van der Waals surface area contributed by atoms with Crippen molar-refractivity contribution in [1.82, 2.24) is 24.3 Å². The molecule has 0 saturated heterocycles. The summed E-state index contributed by atoms with van der Waals surface area (Å²) >= 11 is 0. The van der Waals surface area contributed by atoms with Gasteiger partial charge in [0.25, 0.3) is 0 Å². The van der Waals surface area contributed by atoms with Gasteiger partial charge in [-0.3, -0.25) is 9.48 Å². The molecule has 6 nitrogen and oxygen atoms in total. The molecule has 0 spiro atoms. The molecule has 3 aromatic heterocycles. The fraction of sp³-hybridized carbons (Fsp3) is 0.0714. The lowest BCUT2D eigenvalue weighted by Crippen LogP contribution is -2.00. The Hall–Kier alpha value is -4.58. The molecular formula is C28H21N5O. The SMILES string of the molecule is Cn1c(C=O)ccc1-c1ccc2ncnc(-c3ccc4c(cnn4Cc4ccccc4)c3)c2c1. The van der Waals surface area contributed by atoms with Gasteiger partial charge in [-0.2, -0.15) is 5.10 Å². The fourth-order valence-corrected chi connectivity index (χ4v) is 4.50. The average Bonchev–Trinajstić information content (AvgIpc) is 3.46. The van der Waals surface area contributed by atoms with E-state index in [9.17, 15) is 4.79 Å². The van der Waals surface area contributed by atoms with Crippen LogP contribution in [0, 0.1) is 0 Å². The molecule has 6 rings (SSSR count).